The molecule has 3 N–H and O–H groups in total. The van der Waals surface area contributed by atoms with Crippen molar-refractivity contribution in [3.8, 4) is 5.75 Å². The zero-order valence-corrected chi connectivity index (χ0v) is 19.9. The van der Waals surface area contributed by atoms with Gasteiger partial charge in [-0.15, -0.1) is 0 Å². The summed E-state index contributed by atoms with van der Waals surface area (Å²) in [5.41, 5.74) is 4.79. The van der Waals surface area contributed by atoms with Gasteiger partial charge in [0.15, 0.2) is 0 Å². The van der Waals surface area contributed by atoms with Crippen LogP contribution in [-0.2, 0) is 16.0 Å². The van der Waals surface area contributed by atoms with Crippen LogP contribution in [0.1, 0.15) is 30.0 Å². The van der Waals surface area contributed by atoms with Gasteiger partial charge in [-0.25, -0.2) is 0 Å². The van der Waals surface area contributed by atoms with Crippen molar-refractivity contribution in [1.82, 2.24) is 10.6 Å². The van der Waals surface area contributed by atoms with E-state index in [2.05, 4.69) is 21.6 Å². The van der Waals surface area contributed by atoms with Gasteiger partial charge < -0.3 is 20.6 Å². The van der Waals surface area contributed by atoms with Gasteiger partial charge in [0.1, 0.15) is 18.0 Å². The number of amides is 2. The molecule has 7 heteroatoms. The van der Waals surface area contributed by atoms with E-state index in [0.29, 0.717) is 13.0 Å². The second-order valence-electron chi connectivity index (χ2n) is 8.72. The van der Waals surface area contributed by atoms with E-state index in [0.717, 1.165) is 28.1 Å². The maximum atomic E-state index is 13.0. The van der Waals surface area contributed by atoms with Gasteiger partial charge in [0.25, 0.3) is 0 Å². The highest BCUT2D eigenvalue weighted by Gasteiger charge is 2.25. The molecule has 0 fully saturated rings. The van der Waals surface area contributed by atoms with Gasteiger partial charge in [-0.2, -0.15) is 0 Å². The molecule has 0 spiro atoms. The van der Waals surface area contributed by atoms with Crippen LogP contribution in [0.4, 0.5) is 5.69 Å². The fourth-order valence-electron chi connectivity index (χ4n) is 4.12. The average Bonchev–Trinajstić information content (AvgIpc) is 3.00. The Hall–Kier alpha value is -4.13. The molecular formula is C28H30N4O3. The zero-order chi connectivity index (χ0) is 24.8. The second kappa shape index (κ2) is 10.9. The molecular weight excluding hydrogens is 440 g/mol. The zero-order valence-electron chi connectivity index (χ0n) is 19.9. The number of hydrogen-bond donors (Lipinski definition) is 3. The SMILES string of the molecule is C[C@H](NC(=O)CCc1ccc(O)cc1)C(=O)N[C@@H]1CN(C)c2ccccc2C(c2ccccc2)=N1. The predicted molar refractivity (Wildman–Crippen MR) is 138 cm³/mol. The molecule has 0 saturated heterocycles. The van der Waals surface area contributed by atoms with E-state index < -0.39 is 12.2 Å². The maximum absolute atomic E-state index is 13.0. The third-order valence-electron chi connectivity index (χ3n) is 6.01. The first-order valence-electron chi connectivity index (χ1n) is 11.7. The lowest BCUT2D eigenvalue weighted by molar-refractivity contribution is -0.128. The van der Waals surface area contributed by atoms with Gasteiger partial charge in [-0.3, -0.25) is 14.6 Å². The molecule has 3 aromatic rings. The molecule has 2 amide bonds. The predicted octanol–water partition coefficient (Wildman–Crippen LogP) is 3.26. The van der Waals surface area contributed by atoms with Crippen molar-refractivity contribution in [2.75, 3.05) is 18.5 Å². The number of anilines is 1. The summed E-state index contributed by atoms with van der Waals surface area (Å²) in [6.07, 6.45) is 0.295. The van der Waals surface area contributed by atoms with Gasteiger partial charge >= 0.3 is 0 Å². The lowest BCUT2D eigenvalue weighted by atomic mass is 10.0. The number of benzene rings is 3. The van der Waals surface area contributed by atoms with Crippen LogP contribution in [0.3, 0.4) is 0 Å². The van der Waals surface area contributed by atoms with Gasteiger partial charge in [0.2, 0.25) is 11.8 Å². The highest BCUT2D eigenvalue weighted by molar-refractivity contribution is 6.16. The molecule has 3 aromatic carbocycles. The Kier molecular flexibility index (Phi) is 7.45. The smallest absolute Gasteiger partial charge is 0.243 e. The molecule has 1 heterocycles. The number of aromatic hydroxyl groups is 1. The summed E-state index contributed by atoms with van der Waals surface area (Å²) < 4.78 is 0. The molecule has 0 unspecified atom stereocenters. The number of likely N-dealkylation sites (N-methyl/N-ethyl adjacent to an activating group) is 1. The number of para-hydroxylation sites is 1. The average molecular weight is 471 g/mol. The van der Waals surface area contributed by atoms with Crippen LogP contribution in [0.5, 0.6) is 5.75 Å². The number of fused-ring (bicyclic) bond motifs is 1. The van der Waals surface area contributed by atoms with Crippen molar-refractivity contribution in [3.05, 3.63) is 95.6 Å². The minimum Gasteiger partial charge on any atom is -0.508 e. The number of hydrogen-bond acceptors (Lipinski definition) is 5. The van der Waals surface area contributed by atoms with Crippen molar-refractivity contribution in [2.45, 2.75) is 32.0 Å². The highest BCUT2D eigenvalue weighted by atomic mass is 16.3. The Morgan fingerprint density at radius 3 is 2.46 bits per heavy atom. The molecule has 1 aliphatic rings. The number of phenols is 1. The molecule has 7 nitrogen and oxygen atoms in total. The van der Waals surface area contributed by atoms with Crippen LogP contribution < -0.4 is 15.5 Å². The lowest BCUT2D eigenvalue weighted by Gasteiger charge is -2.24. The van der Waals surface area contributed by atoms with Crippen molar-refractivity contribution in [2.24, 2.45) is 4.99 Å². The third-order valence-corrected chi connectivity index (χ3v) is 6.01. The number of aryl methyl sites for hydroxylation is 1. The molecule has 1 aliphatic heterocycles. The quantitative estimate of drug-likeness (QED) is 0.494. The molecule has 4 rings (SSSR count). The number of rotatable bonds is 7. The van der Waals surface area contributed by atoms with Crippen LogP contribution >= 0.6 is 0 Å². The van der Waals surface area contributed by atoms with Gasteiger partial charge in [0.05, 0.1) is 12.3 Å². The first-order valence-corrected chi connectivity index (χ1v) is 11.7. The molecule has 0 saturated carbocycles. The number of carbonyl (C=O) groups is 2. The van der Waals surface area contributed by atoms with Gasteiger partial charge in [0, 0.05) is 30.3 Å². The molecule has 35 heavy (non-hydrogen) atoms. The molecule has 0 aliphatic carbocycles. The Bertz CT molecular complexity index is 1210. The van der Waals surface area contributed by atoms with Crippen molar-refractivity contribution < 1.29 is 14.7 Å². The molecule has 0 aromatic heterocycles. The van der Waals surface area contributed by atoms with Gasteiger partial charge in [-0.05, 0) is 37.1 Å². The minimum absolute atomic E-state index is 0.189. The fourth-order valence-corrected chi connectivity index (χ4v) is 4.12. The Morgan fingerprint density at radius 2 is 1.71 bits per heavy atom. The second-order valence-corrected chi connectivity index (χ2v) is 8.72. The molecule has 2 atom stereocenters. The Balaban J connectivity index is 1.43. The summed E-state index contributed by atoms with van der Waals surface area (Å²) in [6.45, 7) is 2.17. The van der Waals surface area contributed by atoms with Gasteiger partial charge in [-0.1, -0.05) is 60.7 Å². The van der Waals surface area contributed by atoms with Crippen LogP contribution in [-0.4, -0.2) is 48.4 Å². The van der Waals surface area contributed by atoms with Crippen LogP contribution in [0, 0.1) is 0 Å². The van der Waals surface area contributed by atoms with E-state index in [9.17, 15) is 14.7 Å². The van der Waals surface area contributed by atoms with E-state index in [-0.39, 0.29) is 24.0 Å². The van der Waals surface area contributed by atoms with E-state index in [4.69, 9.17) is 4.99 Å². The fraction of sp³-hybridized carbons (Fsp3) is 0.250. The summed E-state index contributed by atoms with van der Waals surface area (Å²) >= 11 is 0. The summed E-state index contributed by atoms with van der Waals surface area (Å²) in [6, 6.07) is 24.0. The highest BCUT2D eigenvalue weighted by Crippen LogP contribution is 2.26. The van der Waals surface area contributed by atoms with Crippen molar-refractivity contribution in [3.63, 3.8) is 0 Å². The van der Waals surface area contributed by atoms with E-state index >= 15 is 0 Å². The number of carbonyl (C=O) groups excluding carboxylic acids is 2. The first kappa shape index (κ1) is 24.0. The standard InChI is InChI=1S/C28H30N4O3/c1-19(29-26(34)17-14-20-12-15-22(33)16-13-20)28(35)31-25-18-32(2)24-11-7-6-10-23(24)27(30-25)21-8-4-3-5-9-21/h3-13,15-16,19,25,33H,14,17-18H2,1-2H3,(H,29,34)(H,31,35)/t19-,25+/m0/s1. The number of phenolic OH excluding ortho intramolecular Hbond substituents is 1. The van der Waals surface area contributed by atoms with E-state index in [1.165, 1.54) is 0 Å². The Labute approximate surface area is 205 Å². The van der Waals surface area contributed by atoms with Crippen LogP contribution in [0.2, 0.25) is 0 Å². The largest absolute Gasteiger partial charge is 0.508 e. The van der Waals surface area contributed by atoms with Crippen LogP contribution in [0.15, 0.2) is 83.9 Å². The third kappa shape index (κ3) is 6.06. The first-order chi connectivity index (χ1) is 16.9. The molecule has 180 valence electrons. The van der Waals surface area contributed by atoms with Crippen molar-refractivity contribution in [1.29, 1.82) is 0 Å². The van der Waals surface area contributed by atoms with Crippen molar-refractivity contribution >= 4 is 23.2 Å². The number of benzodiazepines with no additional fused rings is 1. The lowest BCUT2D eigenvalue weighted by Crippen LogP contribution is -2.50. The number of nitrogens with zero attached hydrogens (tertiary/aromatic N) is 2. The normalized spacial score (nSPS) is 15.9. The van der Waals surface area contributed by atoms with E-state index in [1.807, 2.05) is 55.6 Å². The topological polar surface area (TPSA) is 94.0 Å². The monoisotopic (exact) mass is 470 g/mol. The number of nitrogens with one attached hydrogen (secondary N) is 2. The summed E-state index contributed by atoms with van der Waals surface area (Å²) in [7, 11) is 1.98. The summed E-state index contributed by atoms with van der Waals surface area (Å²) in [5.74, 6) is -0.308. The summed E-state index contributed by atoms with van der Waals surface area (Å²) in [4.78, 5) is 32.4. The van der Waals surface area contributed by atoms with Crippen LogP contribution in [0.25, 0.3) is 0 Å². The molecule has 0 bridgehead atoms. The number of aliphatic imine (C=N–C) groups is 1. The minimum atomic E-state index is -0.700. The van der Waals surface area contributed by atoms with E-state index in [1.54, 1.807) is 31.2 Å². The molecule has 0 radical (unpaired) electrons. The summed E-state index contributed by atoms with van der Waals surface area (Å²) in [5, 5.41) is 15.2. The Morgan fingerprint density at radius 1 is 1.03 bits per heavy atom. The maximum Gasteiger partial charge on any atom is 0.243 e.